The molecular weight excluding hydrogens is 667 g/mol. The maximum Gasteiger partial charge on any atom is 0.407 e. The van der Waals surface area contributed by atoms with E-state index in [1.54, 1.807) is 6.92 Å². The summed E-state index contributed by atoms with van der Waals surface area (Å²) in [5.74, 6) is -2.18. The number of sulfonamides is 1. The Morgan fingerprint density at radius 1 is 1.21 bits per heavy atom. The summed E-state index contributed by atoms with van der Waals surface area (Å²) in [5.41, 5.74) is -0.315. The predicted octanol–water partition coefficient (Wildman–Crippen LogP) is 5.07. The molecule has 4 heterocycles. The molecule has 2 aliphatic rings. The number of carbonyl (C=O) groups is 2. The normalized spacial score (nSPS) is 20.7. The summed E-state index contributed by atoms with van der Waals surface area (Å²) >= 11 is 6.24. The lowest BCUT2D eigenvalue weighted by Gasteiger charge is -2.28. The third-order valence-electron chi connectivity index (χ3n) is 8.71. The van der Waals surface area contributed by atoms with Crippen LogP contribution in [0.2, 0.25) is 5.15 Å². The number of nitrogens with zero attached hydrogens (tertiary/aromatic N) is 6. The monoisotopic (exact) mass is 701 g/mol. The lowest BCUT2D eigenvalue weighted by Crippen LogP contribution is -2.41. The molecule has 2 amide bonds. The first-order valence-corrected chi connectivity index (χ1v) is 16.8. The Labute approximate surface area is 274 Å². The van der Waals surface area contributed by atoms with Crippen LogP contribution in [0.15, 0.2) is 35.5 Å². The average Bonchev–Trinajstić information content (AvgIpc) is 3.27. The third kappa shape index (κ3) is 7.83. The largest absolute Gasteiger partial charge is 0.477 e. The van der Waals surface area contributed by atoms with Gasteiger partial charge in [0.15, 0.2) is 5.82 Å². The highest BCUT2D eigenvalue weighted by molar-refractivity contribution is 7.90. The minimum atomic E-state index is -4.33. The van der Waals surface area contributed by atoms with Crippen molar-refractivity contribution in [1.82, 2.24) is 34.2 Å². The Morgan fingerprint density at radius 2 is 1.96 bits per heavy atom. The second kappa shape index (κ2) is 13.0. The number of pyridine rings is 1. The van der Waals surface area contributed by atoms with Gasteiger partial charge in [-0.3, -0.25) is 9.48 Å². The SMILES string of the molecule is Cc1c(S(=O)(=O)NC(=O)c2ccc(-n3ccc(OCCC4CC4C(F)(F)F)n3)nc2Cl)cnn1CCCC1CN(C(=O)O)C(C)(C)C1. The van der Waals surface area contributed by atoms with Gasteiger partial charge >= 0.3 is 12.3 Å². The molecule has 3 aromatic rings. The minimum absolute atomic E-state index is 0.0703. The molecule has 3 unspecified atom stereocenters. The number of hydrogen-bond donors (Lipinski definition) is 2. The summed E-state index contributed by atoms with van der Waals surface area (Å²) in [6.45, 7) is 6.30. The van der Waals surface area contributed by atoms with Gasteiger partial charge in [0.25, 0.3) is 15.9 Å². The fourth-order valence-electron chi connectivity index (χ4n) is 6.11. The van der Waals surface area contributed by atoms with E-state index >= 15 is 0 Å². The number of likely N-dealkylation sites (tertiary alicyclic amines) is 1. The highest BCUT2D eigenvalue weighted by atomic mass is 35.5. The van der Waals surface area contributed by atoms with E-state index in [-0.39, 0.29) is 52.7 Å². The smallest absolute Gasteiger partial charge is 0.407 e. The van der Waals surface area contributed by atoms with Crippen molar-refractivity contribution in [2.45, 2.75) is 76.0 Å². The lowest BCUT2D eigenvalue weighted by molar-refractivity contribution is -0.151. The van der Waals surface area contributed by atoms with Gasteiger partial charge in [0.2, 0.25) is 5.88 Å². The number of hydrogen-bond acceptors (Lipinski definition) is 8. The van der Waals surface area contributed by atoms with Crippen molar-refractivity contribution in [1.29, 1.82) is 0 Å². The molecule has 256 valence electrons. The number of rotatable bonds is 12. The highest BCUT2D eigenvalue weighted by Gasteiger charge is 2.55. The molecule has 47 heavy (non-hydrogen) atoms. The molecule has 13 nitrogen and oxygen atoms in total. The second-order valence-electron chi connectivity index (χ2n) is 12.6. The van der Waals surface area contributed by atoms with Gasteiger partial charge in [-0.1, -0.05) is 11.6 Å². The van der Waals surface area contributed by atoms with E-state index in [2.05, 4.69) is 15.2 Å². The Bertz CT molecular complexity index is 1760. The maximum absolute atomic E-state index is 13.1. The van der Waals surface area contributed by atoms with E-state index in [1.807, 2.05) is 18.6 Å². The molecular formula is C29H35ClF3N7O6S. The van der Waals surface area contributed by atoms with Crippen LogP contribution in [-0.4, -0.2) is 79.8 Å². The van der Waals surface area contributed by atoms with Crippen molar-refractivity contribution >= 4 is 33.6 Å². The molecule has 5 rings (SSSR count). The van der Waals surface area contributed by atoms with Crippen molar-refractivity contribution in [3.05, 3.63) is 47.0 Å². The van der Waals surface area contributed by atoms with E-state index in [0.29, 0.717) is 25.2 Å². The zero-order chi connectivity index (χ0) is 34.3. The summed E-state index contributed by atoms with van der Waals surface area (Å²) in [7, 11) is -4.33. The van der Waals surface area contributed by atoms with Crippen LogP contribution in [0.1, 0.15) is 62.0 Å². The number of carbonyl (C=O) groups excluding carboxylic acids is 1. The fourth-order valence-corrected chi connectivity index (χ4v) is 7.49. The van der Waals surface area contributed by atoms with E-state index < -0.39 is 45.6 Å². The van der Waals surface area contributed by atoms with Crippen molar-refractivity contribution in [3.63, 3.8) is 0 Å². The fraction of sp³-hybridized carbons (Fsp3) is 0.552. The van der Waals surface area contributed by atoms with Crippen LogP contribution < -0.4 is 9.46 Å². The van der Waals surface area contributed by atoms with E-state index in [4.69, 9.17) is 16.3 Å². The van der Waals surface area contributed by atoms with Crippen LogP contribution in [0, 0.1) is 24.7 Å². The quantitative estimate of drug-likeness (QED) is 0.246. The van der Waals surface area contributed by atoms with Crippen LogP contribution in [0.3, 0.4) is 0 Å². The molecule has 2 fully saturated rings. The molecule has 0 bridgehead atoms. The van der Waals surface area contributed by atoms with Gasteiger partial charge in [-0.05, 0) is 76.8 Å². The van der Waals surface area contributed by atoms with Gasteiger partial charge < -0.3 is 14.7 Å². The molecule has 1 saturated heterocycles. The maximum atomic E-state index is 13.1. The summed E-state index contributed by atoms with van der Waals surface area (Å²) in [5, 5.41) is 17.5. The third-order valence-corrected chi connectivity index (χ3v) is 10.4. The molecule has 18 heteroatoms. The topological polar surface area (TPSA) is 162 Å². The lowest BCUT2D eigenvalue weighted by atomic mass is 9.93. The van der Waals surface area contributed by atoms with Gasteiger partial charge in [0.05, 0.1) is 30.0 Å². The number of aromatic nitrogens is 5. The number of carboxylic acid groups (broad SMARTS) is 1. The van der Waals surface area contributed by atoms with Crippen molar-refractivity contribution in [3.8, 4) is 11.7 Å². The van der Waals surface area contributed by atoms with Crippen molar-refractivity contribution < 1.29 is 41.0 Å². The molecule has 3 aromatic heterocycles. The second-order valence-corrected chi connectivity index (χ2v) is 14.6. The molecule has 1 aliphatic heterocycles. The number of ether oxygens (including phenoxy) is 1. The Balaban J connectivity index is 1.14. The zero-order valence-corrected chi connectivity index (χ0v) is 27.4. The Hall–Kier alpha value is -3.86. The number of alkyl halides is 3. The zero-order valence-electron chi connectivity index (χ0n) is 25.9. The van der Waals surface area contributed by atoms with Gasteiger partial charge in [-0.25, -0.2) is 27.6 Å². The molecule has 2 N–H and O–H groups in total. The number of halogens is 4. The van der Waals surface area contributed by atoms with Crippen LogP contribution in [0.4, 0.5) is 18.0 Å². The first-order chi connectivity index (χ1) is 22.0. The van der Waals surface area contributed by atoms with Crippen LogP contribution in [0.25, 0.3) is 5.82 Å². The van der Waals surface area contributed by atoms with Crippen LogP contribution in [-0.2, 0) is 16.6 Å². The Morgan fingerprint density at radius 3 is 2.60 bits per heavy atom. The molecule has 0 spiro atoms. The van der Waals surface area contributed by atoms with E-state index in [1.165, 1.54) is 38.7 Å². The first-order valence-electron chi connectivity index (χ1n) is 15.0. The van der Waals surface area contributed by atoms with Crippen molar-refractivity contribution in [2.24, 2.45) is 17.8 Å². The van der Waals surface area contributed by atoms with E-state index in [9.17, 15) is 36.3 Å². The molecule has 0 aromatic carbocycles. The first kappa shape index (κ1) is 34.5. The van der Waals surface area contributed by atoms with Gasteiger partial charge in [0, 0.05) is 30.9 Å². The van der Waals surface area contributed by atoms with Crippen LogP contribution in [0.5, 0.6) is 5.88 Å². The predicted molar refractivity (Wildman–Crippen MR) is 162 cm³/mol. The average molecular weight is 702 g/mol. The van der Waals surface area contributed by atoms with Gasteiger partial charge in [-0.2, -0.15) is 18.3 Å². The number of aryl methyl sites for hydroxylation is 1. The van der Waals surface area contributed by atoms with Gasteiger partial charge in [0.1, 0.15) is 10.0 Å². The van der Waals surface area contributed by atoms with Crippen molar-refractivity contribution in [2.75, 3.05) is 13.2 Å². The summed E-state index contributed by atoms with van der Waals surface area (Å²) in [6.07, 6.45) is 0.0118. The Kier molecular flexibility index (Phi) is 9.52. The number of amides is 2. The van der Waals surface area contributed by atoms with E-state index in [0.717, 1.165) is 19.0 Å². The van der Waals surface area contributed by atoms with Gasteiger partial charge in [-0.15, -0.1) is 5.10 Å². The van der Waals surface area contributed by atoms with Crippen LogP contribution >= 0.6 is 11.6 Å². The molecule has 1 aliphatic carbocycles. The summed E-state index contributed by atoms with van der Waals surface area (Å²) in [4.78, 5) is 29.8. The molecule has 0 radical (unpaired) electrons. The highest BCUT2D eigenvalue weighted by Crippen LogP contribution is 2.51. The minimum Gasteiger partial charge on any atom is -0.477 e. The summed E-state index contributed by atoms with van der Waals surface area (Å²) < 4.78 is 74.6. The standard InChI is InChI=1S/C29H35ClF3N7O6S/c1-17-22(15-34-39(17)10-4-5-18-14-28(2,3)38(16-18)27(42)43)47(44,45)37-26(41)20-6-7-23(35-25(20)30)40-11-8-24(36-40)46-12-9-19-13-21(19)29(31,32)33/h6-8,11,15,18-19,21H,4-5,9-10,12-14,16H2,1-3H3,(H,37,41)(H,42,43). The molecule has 3 atom stereocenters. The molecule has 1 saturated carbocycles. The number of nitrogens with one attached hydrogen (secondary N) is 1. The summed E-state index contributed by atoms with van der Waals surface area (Å²) in [6, 6.07) is 4.18.